The molecule has 1 aromatic rings. The predicted octanol–water partition coefficient (Wildman–Crippen LogP) is 2.44. The molecule has 1 aromatic heterocycles. The number of aryl methyl sites for hydroxylation is 1. The van der Waals surface area contributed by atoms with Gasteiger partial charge in [-0.1, -0.05) is 19.3 Å². The standard InChI is InChI=1S/C12H21N3O/c1-9(11-6-4-3-5-7-11)13-8-12-15-14-10(2)16-12/h9,11,13H,3-8H2,1-2H3. The quantitative estimate of drug-likeness (QED) is 0.851. The van der Waals surface area contributed by atoms with Gasteiger partial charge in [-0.25, -0.2) is 0 Å². The minimum Gasteiger partial charge on any atom is -0.424 e. The van der Waals surface area contributed by atoms with Gasteiger partial charge in [-0.2, -0.15) is 0 Å². The molecule has 4 heteroatoms. The highest BCUT2D eigenvalue weighted by Gasteiger charge is 2.19. The van der Waals surface area contributed by atoms with Crippen molar-refractivity contribution >= 4 is 0 Å². The third kappa shape index (κ3) is 3.04. The lowest BCUT2D eigenvalue weighted by Gasteiger charge is -2.27. The minimum atomic E-state index is 0.549. The van der Waals surface area contributed by atoms with Crippen molar-refractivity contribution in [3.63, 3.8) is 0 Å². The molecule has 0 aromatic carbocycles. The highest BCUT2D eigenvalue weighted by atomic mass is 16.4. The summed E-state index contributed by atoms with van der Waals surface area (Å²) in [6.07, 6.45) is 6.90. The van der Waals surface area contributed by atoms with Gasteiger partial charge in [0.15, 0.2) is 0 Å². The lowest BCUT2D eigenvalue weighted by atomic mass is 9.84. The molecule has 1 N–H and O–H groups in total. The predicted molar refractivity (Wildman–Crippen MR) is 61.9 cm³/mol. The van der Waals surface area contributed by atoms with Gasteiger partial charge in [-0.05, 0) is 25.7 Å². The third-order valence-electron chi connectivity index (χ3n) is 3.50. The Labute approximate surface area is 96.8 Å². The van der Waals surface area contributed by atoms with Gasteiger partial charge in [-0.3, -0.25) is 0 Å². The molecule has 0 saturated heterocycles. The van der Waals surface area contributed by atoms with Gasteiger partial charge in [0.1, 0.15) is 0 Å². The van der Waals surface area contributed by atoms with Gasteiger partial charge in [0.25, 0.3) is 0 Å². The summed E-state index contributed by atoms with van der Waals surface area (Å²) in [7, 11) is 0. The van der Waals surface area contributed by atoms with E-state index in [0.717, 1.165) is 5.92 Å². The topological polar surface area (TPSA) is 51.0 Å². The smallest absolute Gasteiger partial charge is 0.230 e. The fraction of sp³-hybridized carbons (Fsp3) is 0.833. The Kier molecular flexibility index (Phi) is 3.93. The number of aromatic nitrogens is 2. The van der Waals surface area contributed by atoms with Gasteiger partial charge in [0, 0.05) is 13.0 Å². The van der Waals surface area contributed by atoms with Crippen LogP contribution >= 0.6 is 0 Å². The highest BCUT2D eigenvalue weighted by molar-refractivity contribution is 4.81. The van der Waals surface area contributed by atoms with Gasteiger partial charge < -0.3 is 9.73 Å². The Morgan fingerprint density at radius 2 is 2.06 bits per heavy atom. The number of hydrogen-bond donors (Lipinski definition) is 1. The highest BCUT2D eigenvalue weighted by Crippen LogP contribution is 2.26. The molecular formula is C12H21N3O. The van der Waals surface area contributed by atoms with Crippen LogP contribution < -0.4 is 5.32 Å². The third-order valence-corrected chi connectivity index (χ3v) is 3.50. The Hall–Kier alpha value is -0.900. The summed E-state index contributed by atoms with van der Waals surface area (Å²) in [5.74, 6) is 2.15. The molecule has 2 rings (SSSR count). The van der Waals surface area contributed by atoms with Crippen LogP contribution in [0.1, 0.15) is 50.8 Å². The zero-order valence-electron chi connectivity index (χ0n) is 10.2. The van der Waals surface area contributed by atoms with Gasteiger partial charge >= 0.3 is 0 Å². The molecule has 1 atom stereocenters. The average Bonchev–Trinajstić information content (AvgIpc) is 2.73. The summed E-state index contributed by atoms with van der Waals surface area (Å²) in [5.41, 5.74) is 0. The monoisotopic (exact) mass is 223 g/mol. The van der Waals surface area contributed by atoms with Crippen LogP contribution in [0.4, 0.5) is 0 Å². The maximum atomic E-state index is 5.34. The maximum absolute atomic E-state index is 5.34. The molecule has 0 spiro atoms. The first-order valence-corrected chi connectivity index (χ1v) is 6.28. The van der Waals surface area contributed by atoms with E-state index in [0.29, 0.717) is 24.4 Å². The molecule has 90 valence electrons. The fourth-order valence-electron chi connectivity index (χ4n) is 2.46. The van der Waals surface area contributed by atoms with E-state index in [-0.39, 0.29) is 0 Å². The summed E-state index contributed by atoms with van der Waals surface area (Å²) >= 11 is 0. The van der Waals surface area contributed by atoms with Crippen LogP contribution in [0.2, 0.25) is 0 Å². The second-order valence-corrected chi connectivity index (χ2v) is 4.78. The van der Waals surface area contributed by atoms with Crippen LogP contribution in [0.5, 0.6) is 0 Å². The van der Waals surface area contributed by atoms with Crippen molar-refractivity contribution in [3.8, 4) is 0 Å². The Morgan fingerprint density at radius 3 is 2.69 bits per heavy atom. The molecule has 1 heterocycles. The molecule has 1 aliphatic rings. The van der Waals surface area contributed by atoms with Crippen molar-refractivity contribution in [2.24, 2.45) is 5.92 Å². The van der Waals surface area contributed by atoms with E-state index < -0.39 is 0 Å². The largest absolute Gasteiger partial charge is 0.424 e. The zero-order valence-corrected chi connectivity index (χ0v) is 10.2. The Bertz CT molecular complexity index is 318. The molecule has 1 aliphatic carbocycles. The van der Waals surface area contributed by atoms with E-state index in [1.807, 2.05) is 6.92 Å². The molecule has 16 heavy (non-hydrogen) atoms. The summed E-state index contributed by atoms with van der Waals surface area (Å²) in [6.45, 7) is 4.78. The summed E-state index contributed by atoms with van der Waals surface area (Å²) in [4.78, 5) is 0. The van der Waals surface area contributed by atoms with Crippen LogP contribution in [-0.4, -0.2) is 16.2 Å². The van der Waals surface area contributed by atoms with Crippen LogP contribution in [-0.2, 0) is 6.54 Å². The molecule has 0 aliphatic heterocycles. The average molecular weight is 223 g/mol. The molecular weight excluding hydrogens is 202 g/mol. The minimum absolute atomic E-state index is 0.549. The molecule has 0 amide bonds. The van der Waals surface area contributed by atoms with Crippen LogP contribution in [0.25, 0.3) is 0 Å². The van der Waals surface area contributed by atoms with Crippen LogP contribution in [0.3, 0.4) is 0 Å². The molecule has 1 unspecified atom stereocenters. The normalized spacial score (nSPS) is 19.9. The van der Waals surface area contributed by atoms with Crippen molar-refractivity contribution in [1.82, 2.24) is 15.5 Å². The summed E-state index contributed by atoms with van der Waals surface area (Å²) in [5, 5.41) is 11.3. The second-order valence-electron chi connectivity index (χ2n) is 4.78. The number of nitrogens with one attached hydrogen (secondary N) is 1. The van der Waals surface area contributed by atoms with Crippen LogP contribution in [0, 0.1) is 12.8 Å². The van der Waals surface area contributed by atoms with Crippen molar-refractivity contribution in [2.45, 2.75) is 58.5 Å². The molecule has 0 radical (unpaired) electrons. The summed E-state index contributed by atoms with van der Waals surface area (Å²) < 4.78 is 5.34. The van der Waals surface area contributed by atoms with Crippen LogP contribution in [0.15, 0.2) is 4.42 Å². The maximum Gasteiger partial charge on any atom is 0.230 e. The first-order valence-electron chi connectivity index (χ1n) is 6.28. The first-order chi connectivity index (χ1) is 7.75. The number of hydrogen-bond acceptors (Lipinski definition) is 4. The van der Waals surface area contributed by atoms with E-state index in [4.69, 9.17) is 4.42 Å². The Morgan fingerprint density at radius 1 is 1.31 bits per heavy atom. The molecule has 1 saturated carbocycles. The van der Waals surface area contributed by atoms with E-state index in [9.17, 15) is 0 Å². The SMILES string of the molecule is Cc1nnc(CNC(C)C2CCCCC2)o1. The number of rotatable bonds is 4. The number of nitrogens with zero attached hydrogens (tertiary/aromatic N) is 2. The van der Waals surface area contributed by atoms with E-state index in [1.165, 1.54) is 32.1 Å². The Balaban J connectivity index is 1.76. The van der Waals surface area contributed by atoms with Crippen molar-refractivity contribution < 1.29 is 4.42 Å². The second kappa shape index (κ2) is 5.43. The van der Waals surface area contributed by atoms with E-state index in [2.05, 4.69) is 22.4 Å². The fourth-order valence-corrected chi connectivity index (χ4v) is 2.46. The molecule has 4 nitrogen and oxygen atoms in total. The van der Waals surface area contributed by atoms with Crippen molar-refractivity contribution in [3.05, 3.63) is 11.8 Å². The molecule has 1 fully saturated rings. The summed E-state index contributed by atoms with van der Waals surface area (Å²) in [6, 6.07) is 0.549. The van der Waals surface area contributed by atoms with Gasteiger partial charge in [0.2, 0.25) is 11.8 Å². The van der Waals surface area contributed by atoms with E-state index >= 15 is 0 Å². The lowest BCUT2D eigenvalue weighted by Crippen LogP contribution is -2.34. The lowest BCUT2D eigenvalue weighted by molar-refractivity contribution is 0.274. The molecule has 0 bridgehead atoms. The van der Waals surface area contributed by atoms with Crippen molar-refractivity contribution in [1.29, 1.82) is 0 Å². The van der Waals surface area contributed by atoms with Crippen molar-refractivity contribution in [2.75, 3.05) is 0 Å². The zero-order chi connectivity index (χ0) is 11.4. The first kappa shape index (κ1) is 11.6. The van der Waals surface area contributed by atoms with E-state index in [1.54, 1.807) is 0 Å². The van der Waals surface area contributed by atoms with Gasteiger partial charge in [-0.15, -0.1) is 10.2 Å². The van der Waals surface area contributed by atoms with Gasteiger partial charge in [0.05, 0.1) is 6.54 Å².